The minimum atomic E-state index is -0.925. The minimum absolute atomic E-state index is 0.0746. The number of rotatable bonds is 10. The fourth-order valence-electron chi connectivity index (χ4n) is 4.32. The van der Waals surface area contributed by atoms with E-state index in [9.17, 15) is 9.59 Å². The summed E-state index contributed by atoms with van der Waals surface area (Å²) in [6, 6.07) is 18.1. The van der Waals surface area contributed by atoms with Crippen LogP contribution in [0.1, 0.15) is 70.5 Å². The van der Waals surface area contributed by atoms with Gasteiger partial charge in [-0.05, 0) is 68.5 Å². The number of fused-ring (bicyclic) bond motifs is 1. The molecule has 198 valence electrons. The second kappa shape index (κ2) is 11.5. The van der Waals surface area contributed by atoms with Crippen LogP contribution < -0.4 is 10.2 Å². The smallest absolute Gasteiger partial charge is 0.249 e. The van der Waals surface area contributed by atoms with E-state index in [2.05, 4.69) is 34.5 Å². The van der Waals surface area contributed by atoms with Crippen molar-refractivity contribution in [3.05, 3.63) is 84.2 Å². The Kier molecular flexibility index (Phi) is 8.20. The zero-order valence-electron chi connectivity index (χ0n) is 22.8. The van der Waals surface area contributed by atoms with Crippen LogP contribution in [-0.2, 0) is 16.1 Å². The van der Waals surface area contributed by atoms with Crippen molar-refractivity contribution < 1.29 is 9.59 Å². The lowest BCUT2D eigenvalue weighted by atomic mass is 9.97. The van der Waals surface area contributed by atoms with Crippen LogP contribution in [-0.4, -0.2) is 37.3 Å². The molecule has 0 radical (unpaired) electrons. The normalized spacial score (nSPS) is 13.2. The van der Waals surface area contributed by atoms with E-state index < -0.39 is 11.6 Å². The lowest BCUT2D eigenvalue weighted by Gasteiger charge is -2.34. The molecule has 2 aromatic heterocycles. The number of hydrogen-bond donors (Lipinski definition) is 1. The van der Waals surface area contributed by atoms with Gasteiger partial charge in [-0.2, -0.15) is 0 Å². The van der Waals surface area contributed by atoms with Crippen LogP contribution in [0.3, 0.4) is 0 Å². The number of amides is 2. The Morgan fingerprint density at radius 2 is 1.74 bits per heavy atom. The first kappa shape index (κ1) is 27.0. The minimum Gasteiger partial charge on any atom is -0.349 e. The second-order valence-electron chi connectivity index (χ2n) is 10.3. The Hall–Kier alpha value is -4.07. The number of carbonyl (C=O) groups is 2. The molecule has 4 rings (SSSR count). The Balaban J connectivity index is 1.80. The molecule has 0 unspecified atom stereocenters. The number of pyridine rings is 1. The summed E-state index contributed by atoms with van der Waals surface area (Å²) in [5, 5.41) is 11.6. The third kappa shape index (κ3) is 5.90. The molecule has 4 aromatic rings. The predicted octanol–water partition coefficient (Wildman–Crippen LogP) is 5.42. The first-order valence-electron chi connectivity index (χ1n) is 13.2. The van der Waals surface area contributed by atoms with Crippen molar-refractivity contribution in [1.82, 2.24) is 25.3 Å². The number of anilines is 1. The maximum Gasteiger partial charge on any atom is 0.249 e. The number of benzene rings is 2. The van der Waals surface area contributed by atoms with Crippen LogP contribution >= 0.6 is 0 Å². The highest BCUT2D eigenvalue weighted by Crippen LogP contribution is 2.31. The van der Waals surface area contributed by atoms with E-state index in [0.29, 0.717) is 22.7 Å². The van der Waals surface area contributed by atoms with Crippen LogP contribution in [0.25, 0.3) is 11.0 Å². The molecule has 8 nitrogen and oxygen atoms in total. The van der Waals surface area contributed by atoms with Crippen molar-refractivity contribution in [2.45, 2.75) is 71.5 Å². The van der Waals surface area contributed by atoms with Crippen LogP contribution in [0.2, 0.25) is 0 Å². The van der Waals surface area contributed by atoms with E-state index in [-0.39, 0.29) is 18.4 Å². The van der Waals surface area contributed by atoms with Crippen LogP contribution in [0, 0.1) is 0 Å². The molecule has 0 spiro atoms. The maximum absolute atomic E-state index is 14.1. The highest BCUT2D eigenvalue weighted by molar-refractivity contribution is 6.01. The molecule has 0 aliphatic rings. The summed E-state index contributed by atoms with van der Waals surface area (Å²) >= 11 is 0. The van der Waals surface area contributed by atoms with Gasteiger partial charge in [-0.1, -0.05) is 56.3 Å². The van der Waals surface area contributed by atoms with Crippen molar-refractivity contribution >= 4 is 28.5 Å². The summed E-state index contributed by atoms with van der Waals surface area (Å²) in [4.78, 5) is 33.9. The fraction of sp³-hybridized carbons (Fsp3) is 0.367. The van der Waals surface area contributed by atoms with Gasteiger partial charge in [-0.15, -0.1) is 5.10 Å². The zero-order valence-corrected chi connectivity index (χ0v) is 22.8. The third-order valence-corrected chi connectivity index (χ3v) is 7.18. The Labute approximate surface area is 224 Å². The highest BCUT2D eigenvalue weighted by atomic mass is 16.2. The summed E-state index contributed by atoms with van der Waals surface area (Å²) < 4.78 is 1.58. The molecule has 0 fully saturated rings. The van der Waals surface area contributed by atoms with Gasteiger partial charge >= 0.3 is 0 Å². The number of nitrogens with zero attached hydrogens (tertiary/aromatic N) is 5. The first-order valence-corrected chi connectivity index (χ1v) is 13.2. The molecule has 8 heteroatoms. The van der Waals surface area contributed by atoms with E-state index in [1.54, 1.807) is 28.0 Å². The van der Waals surface area contributed by atoms with Gasteiger partial charge in [0.25, 0.3) is 0 Å². The molecule has 1 N–H and O–H groups in total. The van der Waals surface area contributed by atoms with Crippen molar-refractivity contribution in [3.63, 3.8) is 0 Å². The van der Waals surface area contributed by atoms with Gasteiger partial charge in [0.1, 0.15) is 18.1 Å². The average molecular weight is 513 g/mol. The van der Waals surface area contributed by atoms with E-state index in [1.165, 1.54) is 5.56 Å². The molecule has 0 aliphatic carbocycles. The van der Waals surface area contributed by atoms with Crippen molar-refractivity contribution in [2.24, 2.45) is 0 Å². The van der Waals surface area contributed by atoms with Crippen molar-refractivity contribution in [2.75, 3.05) is 4.90 Å². The van der Waals surface area contributed by atoms with Gasteiger partial charge in [-0.25, -0.2) is 4.68 Å². The summed E-state index contributed by atoms with van der Waals surface area (Å²) in [6.45, 7) is 10.2. The molecule has 0 saturated heterocycles. The molecule has 38 heavy (non-hydrogen) atoms. The predicted molar refractivity (Wildman–Crippen MR) is 150 cm³/mol. The van der Waals surface area contributed by atoms with Gasteiger partial charge in [0.15, 0.2) is 0 Å². The third-order valence-electron chi connectivity index (χ3n) is 7.18. The summed E-state index contributed by atoms with van der Waals surface area (Å²) in [7, 11) is 0. The van der Waals surface area contributed by atoms with Gasteiger partial charge in [0.05, 0.1) is 5.52 Å². The van der Waals surface area contributed by atoms with Crippen LogP contribution in [0.15, 0.2) is 73.1 Å². The maximum atomic E-state index is 14.1. The molecular formula is C30H36N6O2. The van der Waals surface area contributed by atoms with Crippen molar-refractivity contribution in [3.8, 4) is 0 Å². The number of carbonyl (C=O) groups excluding carboxylic acids is 2. The largest absolute Gasteiger partial charge is 0.349 e. The molecular weight excluding hydrogens is 476 g/mol. The van der Waals surface area contributed by atoms with E-state index >= 15 is 0 Å². The Bertz CT molecular complexity index is 1380. The lowest BCUT2D eigenvalue weighted by molar-refractivity contribution is -0.128. The molecule has 2 amide bonds. The second-order valence-corrected chi connectivity index (χ2v) is 10.3. The zero-order chi connectivity index (χ0) is 27.3. The SMILES string of the molecule is CC[C@@H](C)c1ccc(N(C(=O)Cn2nnc3ccccc32)[C@H](C(=O)NC(C)(C)CC)c2cccnc2)cc1. The van der Waals surface area contributed by atoms with Gasteiger partial charge in [-0.3, -0.25) is 19.5 Å². The Morgan fingerprint density at radius 1 is 1.00 bits per heavy atom. The number of nitrogens with one attached hydrogen (secondary N) is 1. The van der Waals surface area contributed by atoms with E-state index in [0.717, 1.165) is 18.4 Å². The number of para-hydroxylation sites is 1. The van der Waals surface area contributed by atoms with Crippen LogP contribution in [0.5, 0.6) is 0 Å². The number of aromatic nitrogens is 4. The first-order chi connectivity index (χ1) is 18.2. The molecule has 2 heterocycles. The quantitative estimate of drug-likeness (QED) is 0.306. The fourth-order valence-corrected chi connectivity index (χ4v) is 4.32. The topological polar surface area (TPSA) is 93.0 Å². The van der Waals surface area contributed by atoms with Crippen LogP contribution in [0.4, 0.5) is 5.69 Å². The molecule has 0 aliphatic heterocycles. The molecule has 2 aromatic carbocycles. The van der Waals surface area contributed by atoms with E-state index in [1.807, 2.05) is 75.4 Å². The highest BCUT2D eigenvalue weighted by Gasteiger charge is 2.35. The lowest BCUT2D eigenvalue weighted by Crippen LogP contribution is -2.51. The van der Waals surface area contributed by atoms with Gasteiger partial charge < -0.3 is 5.32 Å². The molecule has 0 bridgehead atoms. The molecule has 0 saturated carbocycles. The summed E-state index contributed by atoms with van der Waals surface area (Å²) in [6.07, 6.45) is 5.04. The Morgan fingerprint density at radius 3 is 2.39 bits per heavy atom. The number of hydrogen-bond acceptors (Lipinski definition) is 5. The van der Waals surface area contributed by atoms with E-state index in [4.69, 9.17) is 0 Å². The summed E-state index contributed by atoms with van der Waals surface area (Å²) in [5.41, 5.74) is 3.44. The standard InChI is InChI=1S/C30H36N6O2/c1-6-21(3)22-14-16-24(17-15-22)36(27(37)20-35-26-13-9-8-12-25(26)33-34-35)28(23-11-10-18-31-19-23)29(38)32-30(4,5)7-2/h8-19,21,28H,6-7,20H2,1-5H3,(H,32,38)/t21-,28+/m1/s1. The van der Waals surface area contributed by atoms with Gasteiger partial charge in [0, 0.05) is 29.2 Å². The van der Waals surface area contributed by atoms with Gasteiger partial charge in [0.2, 0.25) is 11.8 Å². The monoisotopic (exact) mass is 512 g/mol. The summed E-state index contributed by atoms with van der Waals surface area (Å²) in [5.74, 6) is -0.166. The molecule has 2 atom stereocenters. The average Bonchev–Trinajstić information content (AvgIpc) is 3.34. The van der Waals surface area contributed by atoms with Crippen molar-refractivity contribution in [1.29, 1.82) is 0 Å².